The van der Waals surface area contributed by atoms with E-state index in [9.17, 15) is 0 Å². The molecule has 5 heteroatoms. The number of halogens is 2. The van der Waals surface area contributed by atoms with Crippen molar-refractivity contribution < 1.29 is 4.74 Å². The van der Waals surface area contributed by atoms with Crippen LogP contribution in [0.25, 0.3) is 0 Å². The van der Waals surface area contributed by atoms with Crippen molar-refractivity contribution in [3.63, 3.8) is 0 Å². The number of hydrogen-bond donors (Lipinski definition) is 1. The summed E-state index contributed by atoms with van der Waals surface area (Å²) in [6.07, 6.45) is 3.80. The van der Waals surface area contributed by atoms with Gasteiger partial charge in [-0.3, -0.25) is 0 Å². The Morgan fingerprint density at radius 3 is 3.06 bits per heavy atom. The van der Waals surface area contributed by atoms with Crippen molar-refractivity contribution in [1.29, 1.82) is 0 Å². The number of nitrogens with zero attached hydrogens (tertiary/aromatic N) is 1. The van der Waals surface area contributed by atoms with Gasteiger partial charge in [0.1, 0.15) is 5.02 Å². The second kappa shape index (κ2) is 5.71. The van der Waals surface area contributed by atoms with Gasteiger partial charge in [-0.25, -0.2) is 4.98 Å². The Kier molecular flexibility index (Phi) is 4.27. The average molecular weight is 261 g/mol. The lowest BCUT2D eigenvalue weighted by Crippen LogP contribution is -2.12. The molecule has 1 aromatic rings. The predicted molar refractivity (Wildman–Crippen MR) is 65.3 cm³/mol. The maximum absolute atomic E-state index is 5.94. The summed E-state index contributed by atoms with van der Waals surface area (Å²) < 4.78 is 5.52. The minimum absolute atomic E-state index is 0.469. The maximum atomic E-state index is 5.94. The molecule has 0 aliphatic carbocycles. The molecule has 0 amide bonds. The summed E-state index contributed by atoms with van der Waals surface area (Å²) in [5, 5.41) is 4.32. The van der Waals surface area contributed by atoms with Crippen LogP contribution in [0, 0.1) is 5.92 Å². The van der Waals surface area contributed by atoms with Crippen LogP contribution in [0.3, 0.4) is 0 Å². The van der Waals surface area contributed by atoms with Gasteiger partial charge in [-0.1, -0.05) is 23.2 Å². The average Bonchev–Trinajstić information content (AvgIpc) is 2.74. The highest BCUT2D eigenvalue weighted by molar-refractivity contribution is 6.35. The fourth-order valence-corrected chi connectivity index (χ4v) is 2.23. The number of aromatic nitrogens is 1. The molecule has 1 aromatic heterocycles. The summed E-state index contributed by atoms with van der Waals surface area (Å²) in [4.78, 5) is 4.04. The van der Waals surface area contributed by atoms with E-state index < -0.39 is 0 Å². The highest BCUT2D eigenvalue weighted by Gasteiger charge is 2.14. The minimum atomic E-state index is 0.469. The second-order valence-corrected chi connectivity index (χ2v) is 4.78. The summed E-state index contributed by atoms with van der Waals surface area (Å²) in [6.45, 7) is 2.86. The second-order valence-electron chi connectivity index (χ2n) is 3.94. The van der Waals surface area contributed by atoms with E-state index in [1.54, 1.807) is 12.3 Å². The number of ether oxygens (including phenoxy) is 1. The van der Waals surface area contributed by atoms with Crippen LogP contribution in [0.15, 0.2) is 12.3 Å². The normalized spacial score (nSPS) is 20.0. The Hall–Kier alpha value is -0.510. The van der Waals surface area contributed by atoms with Crippen LogP contribution in [0.5, 0.6) is 5.88 Å². The lowest BCUT2D eigenvalue weighted by Gasteiger charge is -2.10. The molecular weight excluding hydrogens is 247 g/mol. The molecule has 1 N–H and O–H groups in total. The van der Waals surface area contributed by atoms with Crippen LogP contribution in [0.1, 0.15) is 12.8 Å². The predicted octanol–water partition coefficient (Wildman–Crippen LogP) is 2.77. The number of rotatable bonds is 4. The van der Waals surface area contributed by atoms with E-state index in [2.05, 4.69) is 10.3 Å². The molecule has 1 unspecified atom stereocenters. The molecule has 0 radical (unpaired) electrons. The zero-order valence-corrected chi connectivity index (χ0v) is 10.4. The summed E-state index contributed by atoms with van der Waals surface area (Å²) >= 11 is 11.7. The third-order valence-corrected chi connectivity index (χ3v) is 3.18. The molecular formula is C11H14Cl2N2O. The van der Waals surface area contributed by atoms with Crippen molar-refractivity contribution in [1.82, 2.24) is 10.3 Å². The Bertz CT molecular complexity index is 354. The van der Waals surface area contributed by atoms with Crippen molar-refractivity contribution in [2.45, 2.75) is 12.8 Å². The molecule has 1 aliphatic heterocycles. The van der Waals surface area contributed by atoms with Crippen molar-refractivity contribution in [3.8, 4) is 5.88 Å². The van der Waals surface area contributed by atoms with Crippen LogP contribution >= 0.6 is 23.2 Å². The molecule has 0 spiro atoms. The first-order valence-corrected chi connectivity index (χ1v) is 6.16. The van der Waals surface area contributed by atoms with Gasteiger partial charge in [0.25, 0.3) is 0 Å². The van der Waals surface area contributed by atoms with E-state index in [1.807, 2.05) is 0 Å². The third-order valence-electron chi connectivity index (χ3n) is 2.70. The van der Waals surface area contributed by atoms with E-state index in [4.69, 9.17) is 27.9 Å². The molecule has 1 fully saturated rings. The summed E-state index contributed by atoms with van der Waals surface area (Å²) in [5.74, 6) is 1.18. The fraction of sp³-hybridized carbons (Fsp3) is 0.545. The third kappa shape index (κ3) is 3.24. The SMILES string of the molecule is Clc1cnc(OCCC2CCNC2)c(Cl)c1. The van der Waals surface area contributed by atoms with E-state index in [1.165, 1.54) is 6.42 Å². The van der Waals surface area contributed by atoms with Crippen LogP contribution < -0.4 is 10.1 Å². The molecule has 3 nitrogen and oxygen atoms in total. The van der Waals surface area contributed by atoms with Crippen molar-refractivity contribution in [2.24, 2.45) is 5.92 Å². The number of nitrogens with one attached hydrogen (secondary N) is 1. The zero-order chi connectivity index (χ0) is 11.4. The van der Waals surface area contributed by atoms with Gasteiger partial charge in [0.15, 0.2) is 0 Å². The number of hydrogen-bond acceptors (Lipinski definition) is 3. The van der Waals surface area contributed by atoms with Crippen molar-refractivity contribution >= 4 is 23.2 Å². The summed E-state index contributed by atoms with van der Waals surface area (Å²) in [6, 6.07) is 1.64. The molecule has 16 heavy (non-hydrogen) atoms. The molecule has 2 rings (SSSR count). The standard InChI is InChI=1S/C11H14Cl2N2O/c12-9-5-10(13)11(15-7-9)16-4-2-8-1-3-14-6-8/h5,7-8,14H,1-4,6H2. The van der Waals surface area contributed by atoms with Gasteiger partial charge in [0.2, 0.25) is 5.88 Å². The van der Waals surface area contributed by atoms with Crippen LogP contribution in [-0.4, -0.2) is 24.7 Å². The molecule has 0 saturated carbocycles. The van der Waals surface area contributed by atoms with Crippen LogP contribution in [-0.2, 0) is 0 Å². The Morgan fingerprint density at radius 2 is 2.38 bits per heavy atom. The topological polar surface area (TPSA) is 34.1 Å². The van der Waals surface area contributed by atoms with Gasteiger partial charge in [0, 0.05) is 6.20 Å². The molecule has 1 atom stereocenters. The van der Waals surface area contributed by atoms with E-state index >= 15 is 0 Å². The van der Waals surface area contributed by atoms with Crippen LogP contribution in [0.2, 0.25) is 10.0 Å². The molecule has 0 bridgehead atoms. The smallest absolute Gasteiger partial charge is 0.232 e. The monoisotopic (exact) mass is 260 g/mol. The molecule has 0 aromatic carbocycles. The van der Waals surface area contributed by atoms with E-state index in [-0.39, 0.29) is 0 Å². The zero-order valence-electron chi connectivity index (χ0n) is 8.88. The fourth-order valence-electron chi connectivity index (χ4n) is 1.79. The largest absolute Gasteiger partial charge is 0.477 e. The van der Waals surface area contributed by atoms with Gasteiger partial charge < -0.3 is 10.1 Å². The van der Waals surface area contributed by atoms with Gasteiger partial charge in [-0.2, -0.15) is 0 Å². The van der Waals surface area contributed by atoms with Crippen LogP contribution in [0.4, 0.5) is 0 Å². The Labute approximate surface area is 105 Å². The van der Waals surface area contributed by atoms with E-state index in [0.717, 1.165) is 19.5 Å². The highest BCUT2D eigenvalue weighted by Crippen LogP contribution is 2.25. The molecule has 88 valence electrons. The Morgan fingerprint density at radius 1 is 1.50 bits per heavy atom. The lowest BCUT2D eigenvalue weighted by molar-refractivity contribution is 0.274. The van der Waals surface area contributed by atoms with Gasteiger partial charge in [-0.05, 0) is 37.9 Å². The first-order valence-electron chi connectivity index (χ1n) is 5.40. The van der Waals surface area contributed by atoms with Gasteiger partial charge in [-0.15, -0.1) is 0 Å². The van der Waals surface area contributed by atoms with Gasteiger partial charge >= 0.3 is 0 Å². The molecule has 1 aliphatic rings. The minimum Gasteiger partial charge on any atom is -0.477 e. The van der Waals surface area contributed by atoms with Crippen molar-refractivity contribution in [2.75, 3.05) is 19.7 Å². The maximum Gasteiger partial charge on any atom is 0.232 e. The summed E-state index contributed by atoms with van der Waals surface area (Å²) in [5.41, 5.74) is 0. The first kappa shape index (κ1) is 12.0. The quantitative estimate of drug-likeness (QED) is 0.904. The highest BCUT2D eigenvalue weighted by atomic mass is 35.5. The number of pyridine rings is 1. The Balaban J connectivity index is 1.80. The molecule has 1 saturated heterocycles. The van der Waals surface area contributed by atoms with Crippen molar-refractivity contribution in [3.05, 3.63) is 22.3 Å². The summed E-state index contributed by atoms with van der Waals surface area (Å²) in [7, 11) is 0. The van der Waals surface area contributed by atoms with Gasteiger partial charge in [0.05, 0.1) is 11.6 Å². The first-order chi connectivity index (χ1) is 7.75. The van der Waals surface area contributed by atoms with E-state index in [0.29, 0.717) is 28.5 Å². The molecule has 2 heterocycles. The lowest BCUT2D eigenvalue weighted by atomic mass is 10.1.